The smallest absolute Gasteiger partial charge is 0.330 e. The number of ether oxygens (including phenoxy) is 1. The van der Waals surface area contributed by atoms with Crippen LogP contribution in [0.2, 0.25) is 18.1 Å². The van der Waals surface area contributed by atoms with E-state index in [-0.39, 0.29) is 11.6 Å². The molecule has 0 rings (SSSR count). The summed E-state index contributed by atoms with van der Waals surface area (Å²) in [5.41, 5.74) is 0. The van der Waals surface area contributed by atoms with E-state index in [9.17, 15) is 9.90 Å². The molecule has 0 heterocycles. The molecule has 4 nitrogen and oxygen atoms in total. The minimum atomic E-state index is -1.93. The molecule has 0 fully saturated rings. The van der Waals surface area contributed by atoms with Gasteiger partial charge in [0.25, 0.3) is 0 Å². The Morgan fingerprint density at radius 2 is 1.94 bits per heavy atom. The zero-order valence-electron chi connectivity index (χ0n) is 11.6. The van der Waals surface area contributed by atoms with Crippen LogP contribution < -0.4 is 0 Å². The van der Waals surface area contributed by atoms with Gasteiger partial charge in [-0.25, -0.2) is 4.79 Å². The second-order valence-corrected chi connectivity index (χ2v) is 10.2. The molecular weight excluding hydrogens is 236 g/mol. The minimum absolute atomic E-state index is 0.0690. The molecule has 5 heteroatoms. The standard InChI is InChI=1S/C12H24O4Si/c1-12(2,3)17(5,6)16-10(9-13)7-8-11(14)15-4/h7-8,10,13H,9H2,1-6H3/b8-7-. The zero-order chi connectivity index (χ0) is 13.7. The lowest BCUT2D eigenvalue weighted by Crippen LogP contribution is -2.44. The van der Waals surface area contributed by atoms with Gasteiger partial charge in [0.05, 0.1) is 19.8 Å². The molecule has 17 heavy (non-hydrogen) atoms. The van der Waals surface area contributed by atoms with Crippen LogP contribution in [-0.2, 0) is 14.0 Å². The number of esters is 1. The minimum Gasteiger partial charge on any atom is -0.466 e. The highest BCUT2D eigenvalue weighted by molar-refractivity contribution is 6.74. The first kappa shape index (κ1) is 16.3. The summed E-state index contributed by atoms with van der Waals surface area (Å²) in [6.45, 7) is 10.4. The van der Waals surface area contributed by atoms with E-state index in [1.165, 1.54) is 13.2 Å². The molecule has 0 spiro atoms. The molecular formula is C12H24O4Si. The molecule has 0 aliphatic heterocycles. The third-order valence-electron chi connectivity index (χ3n) is 3.08. The van der Waals surface area contributed by atoms with Gasteiger partial charge in [-0.3, -0.25) is 0 Å². The summed E-state index contributed by atoms with van der Waals surface area (Å²) < 4.78 is 10.4. The Labute approximate surface area is 105 Å². The van der Waals surface area contributed by atoms with Gasteiger partial charge >= 0.3 is 5.97 Å². The Bertz CT molecular complexity index is 279. The highest BCUT2D eigenvalue weighted by Crippen LogP contribution is 2.37. The molecule has 0 aromatic rings. The highest BCUT2D eigenvalue weighted by Gasteiger charge is 2.38. The molecule has 0 bridgehead atoms. The maximum Gasteiger partial charge on any atom is 0.330 e. The van der Waals surface area contributed by atoms with Gasteiger partial charge in [0, 0.05) is 6.08 Å². The molecule has 0 aliphatic carbocycles. The molecule has 1 atom stereocenters. The Hall–Kier alpha value is -0.653. The van der Waals surface area contributed by atoms with Crippen LogP contribution in [0.5, 0.6) is 0 Å². The number of rotatable bonds is 5. The van der Waals surface area contributed by atoms with Gasteiger partial charge in [0.2, 0.25) is 0 Å². The summed E-state index contributed by atoms with van der Waals surface area (Å²) in [6, 6.07) is 0. The molecule has 0 saturated heterocycles. The first-order valence-corrected chi connectivity index (χ1v) is 8.59. The predicted octanol–water partition coefficient (Wildman–Crippen LogP) is 2.10. The van der Waals surface area contributed by atoms with E-state index >= 15 is 0 Å². The predicted molar refractivity (Wildman–Crippen MR) is 70.3 cm³/mol. The van der Waals surface area contributed by atoms with Crippen LogP contribution >= 0.6 is 0 Å². The summed E-state index contributed by atoms with van der Waals surface area (Å²) in [4.78, 5) is 11.0. The maximum absolute atomic E-state index is 11.0. The lowest BCUT2D eigenvalue weighted by Gasteiger charge is -2.38. The summed E-state index contributed by atoms with van der Waals surface area (Å²) in [6.07, 6.45) is 2.38. The zero-order valence-corrected chi connectivity index (χ0v) is 12.6. The SMILES string of the molecule is COC(=O)/C=C\C(CO)O[Si](C)(C)C(C)(C)C. The first-order chi connectivity index (χ1) is 7.64. The van der Waals surface area contributed by atoms with E-state index in [2.05, 4.69) is 38.6 Å². The van der Waals surface area contributed by atoms with E-state index in [1.807, 2.05) is 0 Å². The summed E-state index contributed by atoms with van der Waals surface area (Å²) in [5.74, 6) is -0.442. The van der Waals surface area contributed by atoms with Crippen molar-refractivity contribution in [2.45, 2.75) is 45.0 Å². The van der Waals surface area contributed by atoms with Crippen molar-refractivity contribution in [2.75, 3.05) is 13.7 Å². The number of carbonyl (C=O) groups excluding carboxylic acids is 1. The lowest BCUT2D eigenvalue weighted by atomic mass is 10.2. The topological polar surface area (TPSA) is 55.8 Å². The Morgan fingerprint density at radius 3 is 2.29 bits per heavy atom. The molecule has 0 saturated carbocycles. The van der Waals surface area contributed by atoms with Gasteiger partial charge in [-0.1, -0.05) is 20.8 Å². The van der Waals surface area contributed by atoms with Crippen molar-refractivity contribution in [1.82, 2.24) is 0 Å². The van der Waals surface area contributed by atoms with Gasteiger partial charge in [-0.05, 0) is 24.2 Å². The van der Waals surface area contributed by atoms with Crippen molar-refractivity contribution in [1.29, 1.82) is 0 Å². The van der Waals surface area contributed by atoms with Crippen LogP contribution in [0.25, 0.3) is 0 Å². The fourth-order valence-corrected chi connectivity index (χ4v) is 2.21. The third-order valence-corrected chi connectivity index (χ3v) is 7.58. The van der Waals surface area contributed by atoms with Crippen molar-refractivity contribution < 1.29 is 19.1 Å². The lowest BCUT2D eigenvalue weighted by molar-refractivity contribution is -0.134. The fraction of sp³-hybridized carbons (Fsp3) is 0.750. The Morgan fingerprint density at radius 1 is 1.41 bits per heavy atom. The third kappa shape index (κ3) is 5.47. The molecule has 1 unspecified atom stereocenters. The first-order valence-electron chi connectivity index (χ1n) is 5.69. The number of carbonyl (C=O) groups is 1. The number of methoxy groups -OCH3 is 1. The molecule has 0 aromatic carbocycles. The molecule has 0 aromatic heterocycles. The van der Waals surface area contributed by atoms with E-state index in [0.717, 1.165) is 0 Å². The number of hydrogen-bond donors (Lipinski definition) is 1. The average Bonchev–Trinajstić information content (AvgIpc) is 2.21. The summed E-state index contributed by atoms with van der Waals surface area (Å²) in [7, 11) is -0.620. The van der Waals surface area contributed by atoms with Gasteiger partial charge in [-0.15, -0.1) is 0 Å². The van der Waals surface area contributed by atoms with E-state index < -0.39 is 20.4 Å². The summed E-state index contributed by atoms with van der Waals surface area (Å²) >= 11 is 0. The number of aliphatic hydroxyl groups is 1. The Balaban J connectivity index is 4.61. The molecule has 0 amide bonds. The molecule has 0 radical (unpaired) electrons. The van der Waals surface area contributed by atoms with Gasteiger partial charge < -0.3 is 14.3 Å². The maximum atomic E-state index is 11.0. The summed E-state index contributed by atoms with van der Waals surface area (Å²) in [5, 5.41) is 9.30. The van der Waals surface area contributed by atoms with Crippen LogP contribution in [0, 0.1) is 0 Å². The monoisotopic (exact) mass is 260 g/mol. The van der Waals surface area contributed by atoms with Gasteiger partial charge in [0.1, 0.15) is 0 Å². The van der Waals surface area contributed by atoms with Crippen molar-refractivity contribution in [3.8, 4) is 0 Å². The van der Waals surface area contributed by atoms with Crippen LogP contribution in [0.4, 0.5) is 0 Å². The van der Waals surface area contributed by atoms with Crippen LogP contribution in [0.15, 0.2) is 12.2 Å². The number of aliphatic hydroxyl groups excluding tert-OH is 1. The fourth-order valence-electron chi connectivity index (χ4n) is 0.947. The second-order valence-electron chi connectivity index (χ2n) is 5.48. The Kier molecular flexibility index (Phi) is 6.08. The molecule has 1 N–H and O–H groups in total. The van der Waals surface area contributed by atoms with Crippen molar-refractivity contribution in [2.24, 2.45) is 0 Å². The second kappa shape index (κ2) is 6.33. The average molecular weight is 260 g/mol. The van der Waals surface area contributed by atoms with Crippen LogP contribution in [-0.4, -0.2) is 39.2 Å². The highest BCUT2D eigenvalue weighted by atomic mass is 28.4. The van der Waals surface area contributed by atoms with Crippen molar-refractivity contribution in [3.63, 3.8) is 0 Å². The van der Waals surface area contributed by atoms with Crippen molar-refractivity contribution in [3.05, 3.63) is 12.2 Å². The van der Waals surface area contributed by atoms with Gasteiger partial charge in [-0.2, -0.15) is 0 Å². The van der Waals surface area contributed by atoms with Crippen molar-refractivity contribution >= 4 is 14.3 Å². The number of hydrogen-bond acceptors (Lipinski definition) is 4. The largest absolute Gasteiger partial charge is 0.466 e. The van der Waals surface area contributed by atoms with E-state index in [1.54, 1.807) is 6.08 Å². The van der Waals surface area contributed by atoms with Crippen LogP contribution in [0.1, 0.15) is 20.8 Å². The molecule has 0 aliphatic rings. The van der Waals surface area contributed by atoms with Gasteiger partial charge in [0.15, 0.2) is 8.32 Å². The van der Waals surface area contributed by atoms with Crippen LogP contribution in [0.3, 0.4) is 0 Å². The van der Waals surface area contributed by atoms with E-state index in [0.29, 0.717) is 0 Å². The normalized spacial score (nSPS) is 15.0. The molecule has 100 valence electrons. The van der Waals surface area contributed by atoms with E-state index in [4.69, 9.17) is 4.43 Å². The quantitative estimate of drug-likeness (QED) is 0.467.